The van der Waals surface area contributed by atoms with Crippen molar-refractivity contribution in [1.29, 1.82) is 0 Å². The number of piperazine rings is 1. The molecule has 0 amide bonds. The van der Waals surface area contributed by atoms with E-state index in [4.69, 9.17) is 0 Å². The molecule has 1 aromatic heterocycles. The van der Waals surface area contributed by atoms with Gasteiger partial charge in [-0.2, -0.15) is 5.10 Å². The van der Waals surface area contributed by atoms with Gasteiger partial charge in [0, 0.05) is 44.0 Å². The summed E-state index contributed by atoms with van der Waals surface area (Å²) in [7, 11) is 0. The van der Waals surface area contributed by atoms with E-state index in [0.29, 0.717) is 6.04 Å². The van der Waals surface area contributed by atoms with Crippen LogP contribution in [0, 0.1) is 0 Å². The van der Waals surface area contributed by atoms with E-state index >= 15 is 0 Å². The maximum atomic E-state index is 4.45. The fraction of sp³-hybridized carbons (Fsp3) is 0.400. The molecule has 19 heavy (non-hydrogen) atoms. The van der Waals surface area contributed by atoms with Gasteiger partial charge in [-0.15, -0.1) is 0 Å². The summed E-state index contributed by atoms with van der Waals surface area (Å²) in [6, 6.07) is 10.8. The van der Waals surface area contributed by atoms with E-state index < -0.39 is 0 Å². The molecule has 2 aromatic rings. The third-order valence-corrected chi connectivity index (χ3v) is 3.52. The summed E-state index contributed by atoms with van der Waals surface area (Å²) < 4.78 is 1.95. The Balaban J connectivity index is 1.68. The van der Waals surface area contributed by atoms with E-state index in [1.807, 2.05) is 29.1 Å². The maximum Gasteiger partial charge on any atom is 0.0645 e. The van der Waals surface area contributed by atoms with Gasteiger partial charge in [0.15, 0.2) is 0 Å². The summed E-state index contributed by atoms with van der Waals surface area (Å²) in [6.45, 7) is 6.52. The molecule has 0 radical (unpaired) electrons. The van der Waals surface area contributed by atoms with E-state index in [1.54, 1.807) is 0 Å². The van der Waals surface area contributed by atoms with Crippen molar-refractivity contribution in [1.82, 2.24) is 20.0 Å². The van der Waals surface area contributed by atoms with Crippen LogP contribution in [-0.2, 0) is 6.54 Å². The van der Waals surface area contributed by atoms with Crippen LogP contribution in [0.2, 0.25) is 0 Å². The fourth-order valence-electron chi connectivity index (χ4n) is 2.58. The largest absolute Gasteiger partial charge is 0.312 e. The van der Waals surface area contributed by atoms with Gasteiger partial charge in [0.25, 0.3) is 0 Å². The summed E-state index contributed by atoms with van der Waals surface area (Å²) in [5.41, 5.74) is 2.39. The molecule has 1 saturated heterocycles. The Bertz CT molecular complexity index is 520. The van der Waals surface area contributed by atoms with E-state index in [0.717, 1.165) is 31.9 Å². The highest BCUT2D eigenvalue weighted by atomic mass is 15.3. The van der Waals surface area contributed by atoms with Gasteiger partial charge < -0.3 is 5.32 Å². The Hall–Kier alpha value is -1.65. The van der Waals surface area contributed by atoms with Gasteiger partial charge in [-0.1, -0.05) is 18.2 Å². The summed E-state index contributed by atoms with van der Waals surface area (Å²) >= 11 is 0. The van der Waals surface area contributed by atoms with Gasteiger partial charge >= 0.3 is 0 Å². The van der Waals surface area contributed by atoms with Crippen LogP contribution in [0.4, 0.5) is 0 Å². The summed E-state index contributed by atoms with van der Waals surface area (Å²) in [6.07, 6.45) is 4.10. The lowest BCUT2D eigenvalue weighted by atomic mass is 10.2. The summed E-state index contributed by atoms with van der Waals surface area (Å²) in [4.78, 5) is 2.48. The highest BCUT2D eigenvalue weighted by molar-refractivity contribution is 5.30. The Morgan fingerprint density at radius 3 is 2.95 bits per heavy atom. The molecule has 0 aliphatic carbocycles. The van der Waals surface area contributed by atoms with E-state index in [2.05, 4.69) is 40.6 Å². The summed E-state index contributed by atoms with van der Waals surface area (Å²) in [5.74, 6) is 0. The molecule has 1 fully saturated rings. The zero-order valence-electron chi connectivity index (χ0n) is 11.3. The Labute approximate surface area is 114 Å². The number of para-hydroxylation sites is 1. The topological polar surface area (TPSA) is 33.1 Å². The minimum atomic E-state index is 0.581. The van der Waals surface area contributed by atoms with Crippen molar-refractivity contribution in [2.45, 2.75) is 19.5 Å². The molecule has 1 aliphatic heterocycles. The van der Waals surface area contributed by atoms with Gasteiger partial charge in [-0.05, 0) is 19.1 Å². The summed E-state index contributed by atoms with van der Waals surface area (Å²) in [5, 5.41) is 7.91. The monoisotopic (exact) mass is 256 g/mol. The van der Waals surface area contributed by atoms with Crippen molar-refractivity contribution in [3.8, 4) is 5.69 Å². The molecule has 1 aromatic carbocycles. The second kappa shape index (κ2) is 5.55. The van der Waals surface area contributed by atoms with Crippen LogP contribution in [0.1, 0.15) is 12.5 Å². The van der Waals surface area contributed by atoms with Crippen LogP contribution in [0.25, 0.3) is 5.69 Å². The first-order valence-corrected chi connectivity index (χ1v) is 6.86. The molecule has 0 saturated carbocycles. The standard InChI is InChI=1S/C15H20N4/c1-13-10-18(8-7-16-13)11-14-9-17-19(12-14)15-5-3-2-4-6-15/h2-6,9,12-13,16H,7-8,10-11H2,1H3. The van der Waals surface area contributed by atoms with Crippen molar-refractivity contribution in [3.05, 3.63) is 48.3 Å². The lowest BCUT2D eigenvalue weighted by Crippen LogP contribution is -2.48. The molecule has 1 N–H and O–H groups in total. The normalized spacial score (nSPS) is 20.6. The molecular weight excluding hydrogens is 236 g/mol. The van der Waals surface area contributed by atoms with Crippen molar-refractivity contribution < 1.29 is 0 Å². The molecular formula is C15H20N4. The highest BCUT2D eigenvalue weighted by Crippen LogP contribution is 2.10. The minimum absolute atomic E-state index is 0.581. The lowest BCUT2D eigenvalue weighted by Gasteiger charge is -2.31. The predicted octanol–water partition coefficient (Wildman–Crippen LogP) is 1.67. The first-order valence-electron chi connectivity index (χ1n) is 6.86. The van der Waals surface area contributed by atoms with Crippen molar-refractivity contribution in [2.24, 2.45) is 0 Å². The maximum absolute atomic E-state index is 4.45. The van der Waals surface area contributed by atoms with Gasteiger partial charge in [0.05, 0.1) is 11.9 Å². The van der Waals surface area contributed by atoms with Crippen molar-refractivity contribution in [2.75, 3.05) is 19.6 Å². The highest BCUT2D eigenvalue weighted by Gasteiger charge is 2.16. The van der Waals surface area contributed by atoms with Gasteiger partial charge in [0.1, 0.15) is 0 Å². The fourth-order valence-corrected chi connectivity index (χ4v) is 2.58. The van der Waals surface area contributed by atoms with Crippen LogP contribution >= 0.6 is 0 Å². The number of nitrogens with one attached hydrogen (secondary N) is 1. The van der Waals surface area contributed by atoms with E-state index in [-0.39, 0.29) is 0 Å². The molecule has 4 nitrogen and oxygen atoms in total. The van der Waals surface area contributed by atoms with E-state index in [9.17, 15) is 0 Å². The Morgan fingerprint density at radius 1 is 1.32 bits per heavy atom. The second-order valence-electron chi connectivity index (χ2n) is 5.22. The van der Waals surface area contributed by atoms with Crippen LogP contribution < -0.4 is 5.32 Å². The molecule has 2 heterocycles. The van der Waals surface area contributed by atoms with Crippen molar-refractivity contribution in [3.63, 3.8) is 0 Å². The van der Waals surface area contributed by atoms with Crippen molar-refractivity contribution >= 4 is 0 Å². The quantitative estimate of drug-likeness (QED) is 0.907. The molecule has 0 bridgehead atoms. The third-order valence-electron chi connectivity index (χ3n) is 3.52. The van der Waals surface area contributed by atoms with Crippen LogP contribution in [-0.4, -0.2) is 40.4 Å². The zero-order valence-corrected chi connectivity index (χ0v) is 11.3. The average Bonchev–Trinajstić information content (AvgIpc) is 2.88. The molecule has 1 atom stereocenters. The molecule has 100 valence electrons. The third kappa shape index (κ3) is 3.03. The first kappa shape index (κ1) is 12.4. The van der Waals surface area contributed by atoms with E-state index in [1.165, 1.54) is 5.56 Å². The number of nitrogens with zero attached hydrogens (tertiary/aromatic N) is 3. The van der Waals surface area contributed by atoms with Gasteiger partial charge in [0.2, 0.25) is 0 Å². The number of rotatable bonds is 3. The average molecular weight is 256 g/mol. The minimum Gasteiger partial charge on any atom is -0.312 e. The Morgan fingerprint density at radius 2 is 2.16 bits per heavy atom. The predicted molar refractivity (Wildman–Crippen MR) is 76.3 cm³/mol. The second-order valence-corrected chi connectivity index (χ2v) is 5.22. The Kier molecular flexibility index (Phi) is 3.62. The van der Waals surface area contributed by atoms with Gasteiger partial charge in [-0.3, -0.25) is 4.90 Å². The zero-order chi connectivity index (χ0) is 13.1. The first-order chi connectivity index (χ1) is 9.31. The van der Waals surface area contributed by atoms with Crippen LogP contribution in [0.5, 0.6) is 0 Å². The molecule has 1 unspecified atom stereocenters. The number of hydrogen-bond acceptors (Lipinski definition) is 3. The van der Waals surface area contributed by atoms with Gasteiger partial charge in [-0.25, -0.2) is 4.68 Å². The molecule has 3 rings (SSSR count). The molecule has 1 aliphatic rings. The number of aromatic nitrogens is 2. The molecule has 4 heteroatoms. The van der Waals surface area contributed by atoms with Crippen LogP contribution in [0.15, 0.2) is 42.7 Å². The number of benzene rings is 1. The molecule has 0 spiro atoms. The lowest BCUT2D eigenvalue weighted by molar-refractivity contribution is 0.199. The smallest absolute Gasteiger partial charge is 0.0645 e. The number of hydrogen-bond donors (Lipinski definition) is 1. The SMILES string of the molecule is CC1CN(Cc2cnn(-c3ccccc3)c2)CCN1. The van der Waals surface area contributed by atoms with Crippen LogP contribution in [0.3, 0.4) is 0 Å².